The van der Waals surface area contributed by atoms with Crippen LogP contribution in [-0.2, 0) is 22.6 Å². The zero-order valence-electron chi connectivity index (χ0n) is 13.5. The van der Waals surface area contributed by atoms with Crippen molar-refractivity contribution in [1.82, 2.24) is 14.8 Å². The highest BCUT2D eigenvalue weighted by atomic mass is 35.5. The van der Waals surface area contributed by atoms with Gasteiger partial charge in [0.15, 0.2) is 5.16 Å². The first-order chi connectivity index (χ1) is 11.9. The SMILES string of the molecule is CCn1c(CCC(N)=O)nnc1SCC(=O)Nc1cc(Cl)ccc1F. The number of aromatic nitrogens is 3. The van der Waals surface area contributed by atoms with Crippen LogP contribution < -0.4 is 11.1 Å². The largest absolute Gasteiger partial charge is 0.370 e. The van der Waals surface area contributed by atoms with Crippen LogP contribution >= 0.6 is 23.4 Å². The molecule has 0 atom stereocenters. The van der Waals surface area contributed by atoms with Gasteiger partial charge in [-0.3, -0.25) is 9.59 Å². The summed E-state index contributed by atoms with van der Waals surface area (Å²) in [5.41, 5.74) is 5.16. The van der Waals surface area contributed by atoms with Gasteiger partial charge in [-0.05, 0) is 25.1 Å². The van der Waals surface area contributed by atoms with Gasteiger partial charge in [0, 0.05) is 24.4 Å². The van der Waals surface area contributed by atoms with E-state index in [0.29, 0.717) is 29.0 Å². The van der Waals surface area contributed by atoms with Crippen molar-refractivity contribution in [2.45, 2.75) is 31.5 Å². The third kappa shape index (κ3) is 5.43. The van der Waals surface area contributed by atoms with Crippen LogP contribution in [0.15, 0.2) is 23.4 Å². The third-order valence-corrected chi connectivity index (χ3v) is 4.44. The summed E-state index contributed by atoms with van der Waals surface area (Å²) in [6.07, 6.45) is 0.563. The number of carbonyl (C=O) groups is 2. The average molecular weight is 386 g/mol. The molecule has 0 saturated heterocycles. The molecule has 0 unspecified atom stereocenters. The minimum Gasteiger partial charge on any atom is -0.370 e. The smallest absolute Gasteiger partial charge is 0.234 e. The van der Waals surface area contributed by atoms with Gasteiger partial charge in [-0.15, -0.1) is 10.2 Å². The van der Waals surface area contributed by atoms with Gasteiger partial charge in [0.1, 0.15) is 11.6 Å². The number of anilines is 1. The van der Waals surface area contributed by atoms with Crippen molar-refractivity contribution in [3.05, 3.63) is 34.9 Å². The van der Waals surface area contributed by atoms with Crippen molar-refractivity contribution in [2.75, 3.05) is 11.1 Å². The summed E-state index contributed by atoms with van der Waals surface area (Å²) in [5, 5.41) is 11.4. The number of hydrogen-bond acceptors (Lipinski definition) is 5. The molecule has 0 radical (unpaired) electrons. The van der Waals surface area contributed by atoms with Gasteiger partial charge in [-0.25, -0.2) is 4.39 Å². The number of amides is 2. The maximum absolute atomic E-state index is 13.6. The Labute approximate surface area is 153 Å². The maximum Gasteiger partial charge on any atom is 0.234 e. The predicted molar refractivity (Wildman–Crippen MR) is 94.0 cm³/mol. The van der Waals surface area contributed by atoms with Crippen LogP contribution in [0, 0.1) is 5.82 Å². The molecule has 2 aromatic rings. The van der Waals surface area contributed by atoms with Crippen LogP contribution in [0.2, 0.25) is 5.02 Å². The van der Waals surface area contributed by atoms with E-state index in [4.69, 9.17) is 17.3 Å². The standard InChI is InChI=1S/C15H17ClFN5O2S/c1-2-22-13(6-5-12(18)23)20-21-15(22)25-8-14(24)19-11-7-9(16)3-4-10(11)17/h3-4,7H,2,5-6,8H2,1H3,(H2,18,23)(H,19,24). The molecular formula is C15H17ClFN5O2S. The van der Waals surface area contributed by atoms with Crippen LogP contribution in [0.5, 0.6) is 0 Å². The fourth-order valence-corrected chi connectivity index (χ4v) is 3.07. The molecule has 0 spiro atoms. The van der Waals surface area contributed by atoms with Gasteiger partial charge in [-0.2, -0.15) is 0 Å². The summed E-state index contributed by atoms with van der Waals surface area (Å²) in [6, 6.07) is 3.93. The molecule has 7 nitrogen and oxygen atoms in total. The molecule has 10 heteroatoms. The first-order valence-electron chi connectivity index (χ1n) is 7.48. The quantitative estimate of drug-likeness (QED) is 0.678. The Hall–Kier alpha value is -2.13. The Balaban J connectivity index is 1.97. The maximum atomic E-state index is 13.6. The van der Waals surface area contributed by atoms with Crippen LogP contribution in [-0.4, -0.2) is 32.3 Å². The fraction of sp³-hybridized carbons (Fsp3) is 0.333. The zero-order chi connectivity index (χ0) is 18.4. The van der Waals surface area contributed by atoms with Crippen molar-refractivity contribution < 1.29 is 14.0 Å². The fourth-order valence-electron chi connectivity index (χ4n) is 2.07. The van der Waals surface area contributed by atoms with E-state index in [1.807, 2.05) is 6.92 Å². The molecule has 3 N–H and O–H groups in total. The molecule has 2 rings (SSSR count). The average Bonchev–Trinajstić information content (AvgIpc) is 2.96. The molecule has 0 aliphatic heterocycles. The Kier molecular flexibility index (Phi) is 6.77. The molecule has 1 aromatic heterocycles. The Bertz CT molecular complexity index is 783. The second-order valence-electron chi connectivity index (χ2n) is 5.07. The summed E-state index contributed by atoms with van der Waals surface area (Å²) in [6.45, 7) is 2.50. The van der Waals surface area contributed by atoms with Crippen molar-refractivity contribution in [1.29, 1.82) is 0 Å². The number of nitrogens with zero attached hydrogens (tertiary/aromatic N) is 3. The number of hydrogen-bond donors (Lipinski definition) is 2. The first kappa shape index (κ1) is 19.2. The molecule has 0 saturated carbocycles. The number of benzene rings is 1. The van der Waals surface area contributed by atoms with E-state index in [9.17, 15) is 14.0 Å². The van der Waals surface area contributed by atoms with E-state index in [1.165, 1.54) is 30.0 Å². The van der Waals surface area contributed by atoms with Crippen molar-refractivity contribution >= 4 is 40.9 Å². The van der Waals surface area contributed by atoms with Gasteiger partial charge in [-0.1, -0.05) is 23.4 Å². The minimum atomic E-state index is -0.562. The van der Waals surface area contributed by atoms with Gasteiger partial charge in [0.2, 0.25) is 11.8 Å². The highest BCUT2D eigenvalue weighted by Crippen LogP contribution is 2.21. The number of aryl methyl sites for hydroxylation is 1. The Morgan fingerprint density at radius 3 is 2.84 bits per heavy atom. The summed E-state index contributed by atoms with van der Waals surface area (Å²) < 4.78 is 15.4. The number of primary amides is 1. The van der Waals surface area contributed by atoms with Crippen molar-refractivity contribution in [3.8, 4) is 0 Å². The monoisotopic (exact) mass is 385 g/mol. The normalized spacial score (nSPS) is 10.7. The number of nitrogens with one attached hydrogen (secondary N) is 1. The summed E-state index contributed by atoms with van der Waals surface area (Å²) >= 11 is 6.96. The van der Waals surface area contributed by atoms with E-state index in [2.05, 4.69) is 15.5 Å². The molecule has 0 fully saturated rings. The topological polar surface area (TPSA) is 103 Å². The van der Waals surface area contributed by atoms with E-state index in [-0.39, 0.29) is 17.9 Å². The van der Waals surface area contributed by atoms with Gasteiger partial charge >= 0.3 is 0 Å². The van der Waals surface area contributed by atoms with Gasteiger partial charge < -0.3 is 15.6 Å². The third-order valence-electron chi connectivity index (χ3n) is 3.24. The second-order valence-corrected chi connectivity index (χ2v) is 6.45. The van der Waals surface area contributed by atoms with E-state index >= 15 is 0 Å². The van der Waals surface area contributed by atoms with E-state index in [0.717, 1.165) is 0 Å². The van der Waals surface area contributed by atoms with Gasteiger partial charge in [0.05, 0.1) is 11.4 Å². The molecule has 0 aliphatic rings. The lowest BCUT2D eigenvalue weighted by molar-refractivity contribution is -0.118. The molecule has 0 aliphatic carbocycles. The number of carbonyl (C=O) groups excluding carboxylic acids is 2. The van der Waals surface area contributed by atoms with Gasteiger partial charge in [0.25, 0.3) is 0 Å². The van der Waals surface area contributed by atoms with Crippen LogP contribution in [0.1, 0.15) is 19.2 Å². The van der Waals surface area contributed by atoms with E-state index < -0.39 is 17.6 Å². The van der Waals surface area contributed by atoms with E-state index in [1.54, 1.807) is 4.57 Å². The Morgan fingerprint density at radius 1 is 1.40 bits per heavy atom. The molecule has 2 amide bonds. The summed E-state index contributed by atoms with van der Waals surface area (Å²) in [7, 11) is 0. The minimum absolute atomic E-state index is 0.0252. The van der Waals surface area contributed by atoms with Crippen molar-refractivity contribution in [2.24, 2.45) is 5.73 Å². The number of halogens is 2. The lowest BCUT2D eigenvalue weighted by Crippen LogP contribution is -2.16. The lowest BCUT2D eigenvalue weighted by atomic mass is 10.3. The molecule has 1 aromatic carbocycles. The first-order valence-corrected chi connectivity index (χ1v) is 8.85. The summed E-state index contributed by atoms with van der Waals surface area (Å²) in [4.78, 5) is 22.9. The van der Waals surface area contributed by atoms with Crippen LogP contribution in [0.25, 0.3) is 0 Å². The lowest BCUT2D eigenvalue weighted by Gasteiger charge is -2.08. The van der Waals surface area contributed by atoms with Crippen molar-refractivity contribution in [3.63, 3.8) is 0 Å². The predicted octanol–water partition coefficient (Wildman–Crippen LogP) is 2.24. The molecule has 25 heavy (non-hydrogen) atoms. The number of rotatable bonds is 8. The molecule has 0 bridgehead atoms. The molecule has 1 heterocycles. The highest BCUT2D eigenvalue weighted by Gasteiger charge is 2.14. The molecule has 134 valence electrons. The van der Waals surface area contributed by atoms with Crippen LogP contribution in [0.3, 0.4) is 0 Å². The Morgan fingerprint density at radius 2 is 2.16 bits per heavy atom. The second kappa shape index (κ2) is 8.82. The zero-order valence-corrected chi connectivity index (χ0v) is 15.0. The summed E-state index contributed by atoms with van der Waals surface area (Å²) in [5.74, 6) is -0.712. The van der Waals surface area contributed by atoms with Crippen LogP contribution in [0.4, 0.5) is 10.1 Å². The number of nitrogens with two attached hydrogens (primary N) is 1. The molecular weight excluding hydrogens is 369 g/mol. The highest BCUT2D eigenvalue weighted by molar-refractivity contribution is 7.99. The number of thioether (sulfide) groups is 1.